The van der Waals surface area contributed by atoms with E-state index in [-0.39, 0.29) is 24.7 Å². The normalized spacial score (nSPS) is 25.0. The highest BCUT2D eigenvalue weighted by atomic mass is 16.5. The van der Waals surface area contributed by atoms with E-state index in [4.69, 9.17) is 14.2 Å². The fourth-order valence-corrected chi connectivity index (χ4v) is 3.65. The summed E-state index contributed by atoms with van der Waals surface area (Å²) < 4.78 is 16.3. The van der Waals surface area contributed by atoms with Crippen molar-refractivity contribution in [1.82, 2.24) is 5.32 Å². The first-order chi connectivity index (χ1) is 13.1. The summed E-state index contributed by atoms with van der Waals surface area (Å²) in [5, 5.41) is 2.98. The van der Waals surface area contributed by atoms with Gasteiger partial charge >= 0.3 is 5.97 Å². The molecule has 27 heavy (non-hydrogen) atoms. The van der Waals surface area contributed by atoms with E-state index >= 15 is 0 Å². The number of carbonyl (C=O) groups excluding carboxylic acids is 2. The fraction of sp³-hybridized carbons (Fsp3) is 0.619. The van der Waals surface area contributed by atoms with E-state index in [9.17, 15) is 9.59 Å². The topological polar surface area (TPSA) is 73.9 Å². The SMILES string of the molecule is C[C@H]1CCCC[C@H]1NC(=O)COC(=O)c1ccc(OC[C@@H]2CCCO2)cc1. The Kier molecular flexibility index (Phi) is 7.10. The maximum atomic E-state index is 12.1. The van der Waals surface area contributed by atoms with E-state index in [1.165, 1.54) is 6.42 Å². The monoisotopic (exact) mass is 375 g/mol. The Hall–Kier alpha value is -2.08. The molecule has 2 fully saturated rings. The molecule has 1 heterocycles. The molecule has 0 aromatic heterocycles. The van der Waals surface area contributed by atoms with Crippen molar-refractivity contribution in [3.8, 4) is 5.75 Å². The van der Waals surface area contributed by atoms with Gasteiger partial charge < -0.3 is 19.5 Å². The van der Waals surface area contributed by atoms with Gasteiger partial charge in [0.2, 0.25) is 0 Å². The summed E-state index contributed by atoms with van der Waals surface area (Å²) in [6.07, 6.45) is 6.73. The molecule has 148 valence electrons. The second-order valence-corrected chi connectivity index (χ2v) is 7.48. The average Bonchev–Trinajstić information content (AvgIpc) is 3.20. The van der Waals surface area contributed by atoms with Gasteiger partial charge in [-0.25, -0.2) is 4.79 Å². The van der Waals surface area contributed by atoms with Crippen molar-refractivity contribution in [2.24, 2.45) is 5.92 Å². The molecule has 6 heteroatoms. The van der Waals surface area contributed by atoms with E-state index in [2.05, 4.69) is 12.2 Å². The smallest absolute Gasteiger partial charge is 0.338 e. The third kappa shape index (κ3) is 5.96. The molecule has 1 aromatic rings. The summed E-state index contributed by atoms with van der Waals surface area (Å²) in [6.45, 7) is 3.22. The summed E-state index contributed by atoms with van der Waals surface area (Å²) in [6, 6.07) is 6.94. The van der Waals surface area contributed by atoms with Crippen LogP contribution in [0.5, 0.6) is 5.75 Å². The standard InChI is InChI=1S/C21H29NO5/c1-15-5-2-3-7-19(15)22-20(23)14-27-21(24)16-8-10-17(11-9-16)26-13-18-6-4-12-25-18/h8-11,15,18-19H,2-7,12-14H2,1H3,(H,22,23)/t15-,18-,19+/m0/s1. The predicted octanol–water partition coefficient (Wildman–Crippen LogP) is 3.10. The molecule has 1 N–H and O–H groups in total. The molecule has 0 bridgehead atoms. The largest absolute Gasteiger partial charge is 0.491 e. The molecular formula is C21H29NO5. The van der Waals surface area contributed by atoms with Crippen molar-refractivity contribution in [2.45, 2.75) is 57.6 Å². The van der Waals surface area contributed by atoms with Crippen LogP contribution in [0.3, 0.4) is 0 Å². The van der Waals surface area contributed by atoms with Crippen LogP contribution in [0.25, 0.3) is 0 Å². The first-order valence-corrected chi connectivity index (χ1v) is 9.93. The predicted molar refractivity (Wildman–Crippen MR) is 101 cm³/mol. The van der Waals surface area contributed by atoms with Crippen molar-refractivity contribution in [2.75, 3.05) is 19.8 Å². The third-order valence-electron chi connectivity index (χ3n) is 5.34. The van der Waals surface area contributed by atoms with Gasteiger partial charge in [-0.2, -0.15) is 0 Å². The minimum atomic E-state index is -0.507. The molecule has 2 aliphatic rings. The number of amides is 1. The van der Waals surface area contributed by atoms with E-state index in [1.807, 2.05) is 0 Å². The van der Waals surface area contributed by atoms with Gasteiger partial charge in [0.1, 0.15) is 12.4 Å². The molecule has 6 nitrogen and oxygen atoms in total. The van der Waals surface area contributed by atoms with Crippen LogP contribution in [-0.4, -0.2) is 43.8 Å². The van der Waals surface area contributed by atoms with Crippen LogP contribution in [0.15, 0.2) is 24.3 Å². The summed E-state index contributed by atoms with van der Waals surface area (Å²) in [5.41, 5.74) is 0.401. The number of rotatable bonds is 7. The minimum absolute atomic E-state index is 0.153. The second-order valence-electron chi connectivity index (χ2n) is 7.48. The Morgan fingerprint density at radius 1 is 1.11 bits per heavy atom. The summed E-state index contributed by atoms with van der Waals surface area (Å²) in [7, 11) is 0. The quantitative estimate of drug-likeness (QED) is 0.742. The number of carbonyl (C=O) groups is 2. The molecule has 1 aliphatic carbocycles. The summed E-state index contributed by atoms with van der Waals surface area (Å²) >= 11 is 0. The Balaban J connectivity index is 1.40. The highest BCUT2D eigenvalue weighted by molar-refractivity contribution is 5.91. The highest BCUT2D eigenvalue weighted by Gasteiger charge is 2.23. The number of ether oxygens (including phenoxy) is 3. The summed E-state index contributed by atoms with van der Waals surface area (Å²) in [4.78, 5) is 24.2. The van der Waals surface area contributed by atoms with Crippen LogP contribution in [0, 0.1) is 5.92 Å². The molecular weight excluding hydrogens is 346 g/mol. The van der Waals surface area contributed by atoms with Crippen molar-refractivity contribution in [3.63, 3.8) is 0 Å². The number of benzene rings is 1. The number of hydrogen-bond donors (Lipinski definition) is 1. The van der Waals surface area contributed by atoms with E-state index in [0.29, 0.717) is 23.8 Å². The van der Waals surface area contributed by atoms with Crippen LogP contribution < -0.4 is 10.1 Å². The molecule has 1 aromatic carbocycles. The number of nitrogens with one attached hydrogen (secondary N) is 1. The van der Waals surface area contributed by atoms with E-state index in [1.54, 1.807) is 24.3 Å². The van der Waals surface area contributed by atoms with Gasteiger partial charge in [-0.1, -0.05) is 19.8 Å². The third-order valence-corrected chi connectivity index (χ3v) is 5.34. The molecule has 0 spiro atoms. The number of esters is 1. The Morgan fingerprint density at radius 2 is 1.89 bits per heavy atom. The second kappa shape index (κ2) is 9.74. The molecule has 3 rings (SSSR count). The molecule has 1 amide bonds. The Morgan fingerprint density at radius 3 is 2.59 bits per heavy atom. The first kappa shape index (κ1) is 19.7. The van der Waals surface area contributed by atoms with Gasteiger partial charge in [-0.05, 0) is 55.9 Å². The van der Waals surface area contributed by atoms with Gasteiger partial charge in [0.05, 0.1) is 11.7 Å². The zero-order valence-electron chi connectivity index (χ0n) is 15.9. The van der Waals surface area contributed by atoms with Crippen molar-refractivity contribution < 1.29 is 23.8 Å². The lowest BCUT2D eigenvalue weighted by Gasteiger charge is -2.29. The van der Waals surface area contributed by atoms with E-state index in [0.717, 1.165) is 38.7 Å². The zero-order valence-corrected chi connectivity index (χ0v) is 15.9. The lowest BCUT2D eigenvalue weighted by Crippen LogP contribution is -2.42. The average molecular weight is 375 g/mol. The van der Waals surface area contributed by atoms with Crippen LogP contribution in [-0.2, 0) is 14.3 Å². The molecule has 1 saturated heterocycles. The van der Waals surface area contributed by atoms with Crippen molar-refractivity contribution in [3.05, 3.63) is 29.8 Å². The zero-order chi connectivity index (χ0) is 19.1. The summed E-state index contributed by atoms with van der Waals surface area (Å²) in [5.74, 6) is 0.415. The molecule has 1 aliphatic heterocycles. The molecule has 0 radical (unpaired) electrons. The van der Waals surface area contributed by atoms with Gasteiger partial charge in [0, 0.05) is 12.6 Å². The van der Waals surface area contributed by atoms with E-state index < -0.39 is 5.97 Å². The van der Waals surface area contributed by atoms with Crippen molar-refractivity contribution >= 4 is 11.9 Å². The van der Waals surface area contributed by atoms with Crippen LogP contribution in [0.2, 0.25) is 0 Å². The Labute approximate surface area is 160 Å². The van der Waals surface area contributed by atoms with Gasteiger partial charge in [0.15, 0.2) is 6.61 Å². The van der Waals surface area contributed by atoms with Gasteiger partial charge in [-0.3, -0.25) is 4.79 Å². The maximum Gasteiger partial charge on any atom is 0.338 e. The molecule has 0 unspecified atom stereocenters. The first-order valence-electron chi connectivity index (χ1n) is 9.93. The lowest BCUT2D eigenvalue weighted by molar-refractivity contribution is -0.125. The minimum Gasteiger partial charge on any atom is -0.491 e. The van der Waals surface area contributed by atoms with Crippen molar-refractivity contribution in [1.29, 1.82) is 0 Å². The Bertz CT molecular complexity index is 624. The maximum absolute atomic E-state index is 12.1. The highest BCUT2D eigenvalue weighted by Crippen LogP contribution is 2.23. The van der Waals surface area contributed by atoms with Crippen LogP contribution >= 0.6 is 0 Å². The number of hydrogen-bond acceptors (Lipinski definition) is 5. The molecule has 1 saturated carbocycles. The van der Waals surface area contributed by atoms with Crippen LogP contribution in [0.4, 0.5) is 0 Å². The van der Waals surface area contributed by atoms with Gasteiger partial charge in [-0.15, -0.1) is 0 Å². The molecule has 3 atom stereocenters. The lowest BCUT2D eigenvalue weighted by atomic mass is 9.86. The van der Waals surface area contributed by atoms with Crippen LogP contribution in [0.1, 0.15) is 55.8 Å². The van der Waals surface area contributed by atoms with Gasteiger partial charge in [0.25, 0.3) is 5.91 Å². The fourth-order valence-electron chi connectivity index (χ4n) is 3.65.